The molecule has 7 heteroatoms. The van der Waals surface area contributed by atoms with Crippen molar-refractivity contribution in [1.82, 2.24) is 10.3 Å². The maximum atomic E-state index is 9.84. The van der Waals surface area contributed by atoms with Crippen molar-refractivity contribution in [1.29, 1.82) is 0 Å². The second-order valence-corrected chi connectivity index (χ2v) is 5.90. The molecule has 1 heterocycles. The Balaban J connectivity index is 1.73. The molecule has 4 nitrogen and oxygen atoms in total. The number of aromatic nitrogens is 1. The van der Waals surface area contributed by atoms with Crippen LogP contribution in [0.3, 0.4) is 0 Å². The number of nitrogens with one attached hydrogen (secondary N) is 1. The second-order valence-electron chi connectivity index (χ2n) is 4.11. The molecule has 0 radical (unpaired) electrons. The number of benzene rings is 1. The lowest BCUT2D eigenvalue weighted by Crippen LogP contribution is -2.31. The lowest BCUT2D eigenvalue weighted by Gasteiger charge is -2.14. The van der Waals surface area contributed by atoms with Crippen molar-refractivity contribution >= 4 is 34.5 Å². The van der Waals surface area contributed by atoms with Crippen LogP contribution in [0, 0.1) is 0 Å². The van der Waals surface area contributed by atoms with Crippen LogP contribution in [0.2, 0.25) is 10.0 Å². The van der Waals surface area contributed by atoms with Gasteiger partial charge in [-0.15, -0.1) is 11.3 Å². The molecule has 1 aromatic heterocycles. The molecule has 0 bridgehead atoms. The van der Waals surface area contributed by atoms with Gasteiger partial charge in [0, 0.05) is 24.2 Å². The number of rotatable bonds is 7. The van der Waals surface area contributed by atoms with Crippen LogP contribution in [0.4, 0.5) is 0 Å². The fraction of sp³-hybridized carbons (Fsp3) is 0.308. The van der Waals surface area contributed by atoms with E-state index < -0.39 is 6.10 Å². The predicted molar refractivity (Wildman–Crippen MR) is 81.8 cm³/mol. The lowest BCUT2D eigenvalue weighted by molar-refractivity contribution is 0.106. The summed E-state index contributed by atoms with van der Waals surface area (Å²) in [5.74, 6) is 0.400. The second kappa shape index (κ2) is 7.81. The average molecular weight is 333 g/mol. The summed E-state index contributed by atoms with van der Waals surface area (Å²) in [7, 11) is 0. The summed E-state index contributed by atoms with van der Waals surface area (Å²) < 4.78 is 5.45. The third-order valence-corrected chi connectivity index (χ3v) is 3.88. The van der Waals surface area contributed by atoms with Gasteiger partial charge in [-0.1, -0.05) is 29.3 Å². The van der Waals surface area contributed by atoms with E-state index in [1.807, 2.05) is 0 Å². The molecule has 20 heavy (non-hydrogen) atoms. The van der Waals surface area contributed by atoms with Crippen LogP contribution in [0.5, 0.6) is 5.75 Å². The molecule has 0 spiro atoms. The smallest absolute Gasteiger partial charge is 0.156 e. The maximum absolute atomic E-state index is 9.84. The number of nitrogens with zero attached hydrogens (tertiary/aromatic N) is 1. The predicted octanol–water partition coefficient (Wildman–Crippen LogP) is 2.98. The molecule has 0 saturated heterocycles. The third kappa shape index (κ3) is 4.61. The van der Waals surface area contributed by atoms with E-state index in [-0.39, 0.29) is 6.61 Å². The third-order valence-electron chi connectivity index (χ3n) is 2.50. The van der Waals surface area contributed by atoms with E-state index >= 15 is 0 Å². The molecule has 2 N–H and O–H groups in total. The fourth-order valence-corrected chi connectivity index (χ4v) is 2.62. The molecule has 0 aliphatic carbocycles. The number of para-hydroxylation sites is 1. The molecule has 108 valence electrons. The highest BCUT2D eigenvalue weighted by atomic mass is 35.5. The molecule has 1 atom stereocenters. The van der Waals surface area contributed by atoms with E-state index in [0.717, 1.165) is 4.88 Å². The summed E-state index contributed by atoms with van der Waals surface area (Å²) in [5, 5.41) is 13.8. The van der Waals surface area contributed by atoms with Crippen LogP contribution in [-0.2, 0) is 6.54 Å². The summed E-state index contributed by atoms with van der Waals surface area (Å²) in [5.41, 5.74) is 1.77. The highest BCUT2D eigenvalue weighted by Gasteiger charge is 2.10. The number of ether oxygens (including phenoxy) is 1. The van der Waals surface area contributed by atoms with Crippen molar-refractivity contribution in [2.75, 3.05) is 13.2 Å². The zero-order valence-corrected chi connectivity index (χ0v) is 12.9. The van der Waals surface area contributed by atoms with E-state index in [9.17, 15) is 5.11 Å². The first-order valence-electron chi connectivity index (χ1n) is 6.00. The first-order valence-corrected chi connectivity index (χ1v) is 7.63. The maximum Gasteiger partial charge on any atom is 0.156 e. The largest absolute Gasteiger partial charge is 0.488 e. The van der Waals surface area contributed by atoms with Gasteiger partial charge in [0.1, 0.15) is 12.7 Å². The summed E-state index contributed by atoms with van der Waals surface area (Å²) >= 11 is 13.5. The molecule has 1 unspecified atom stereocenters. The minimum absolute atomic E-state index is 0.124. The van der Waals surface area contributed by atoms with Crippen molar-refractivity contribution in [3.8, 4) is 5.75 Å². The Morgan fingerprint density at radius 1 is 1.35 bits per heavy atom. The molecule has 0 fully saturated rings. The van der Waals surface area contributed by atoms with E-state index in [0.29, 0.717) is 28.9 Å². The van der Waals surface area contributed by atoms with Gasteiger partial charge in [0.15, 0.2) is 5.75 Å². The highest BCUT2D eigenvalue weighted by Crippen LogP contribution is 2.32. The summed E-state index contributed by atoms with van der Waals surface area (Å²) in [6.45, 7) is 1.22. The highest BCUT2D eigenvalue weighted by molar-refractivity contribution is 7.09. The van der Waals surface area contributed by atoms with Gasteiger partial charge >= 0.3 is 0 Å². The number of hydrogen-bond acceptors (Lipinski definition) is 5. The molecule has 2 aromatic rings. The first-order chi connectivity index (χ1) is 9.66. The van der Waals surface area contributed by atoms with Gasteiger partial charge in [-0.05, 0) is 12.1 Å². The van der Waals surface area contributed by atoms with Crippen molar-refractivity contribution in [2.45, 2.75) is 12.6 Å². The summed E-state index contributed by atoms with van der Waals surface area (Å²) in [6.07, 6.45) is 1.15. The molecular weight excluding hydrogens is 319 g/mol. The zero-order chi connectivity index (χ0) is 14.4. The van der Waals surface area contributed by atoms with Crippen LogP contribution in [-0.4, -0.2) is 29.3 Å². The Labute approximate surface area is 131 Å². The molecular formula is C13H14Cl2N2O2S. The van der Waals surface area contributed by atoms with Crippen LogP contribution in [0.25, 0.3) is 0 Å². The Bertz CT molecular complexity index is 517. The number of hydrogen-bond donors (Lipinski definition) is 2. The first kappa shape index (κ1) is 15.5. The summed E-state index contributed by atoms with van der Waals surface area (Å²) in [6, 6.07) is 5.12. The molecule has 0 aliphatic heterocycles. The number of thiazole rings is 1. The van der Waals surface area contributed by atoms with Crippen molar-refractivity contribution in [3.05, 3.63) is 44.8 Å². The van der Waals surface area contributed by atoms with Gasteiger partial charge < -0.3 is 15.2 Å². The van der Waals surface area contributed by atoms with Crippen molar-refractivity contribution in [3.63, 3.8) is 0 Å². The number of aliphatic hydroxyl groups excluding tert-OH is 1. The normalized spacial score (nSPS) is 12.3. The molecule has 2 rings (SSSR count). The quantitative estimate of drug-likeness (QED) is 0.818. The fourth-order valence-electron chi connectivity index (χ4n) is 1.55. The zero-order valence-electron chi connectivity index (χ0n) is 10.6. The van der Waals surface area contributed by atoms with Gasteiger partial charge in [-0.3, -0.25) is 4.98 Å². The van der Waals surface area contributed by atoms with E-state index in [1.165, 1.54) is 0 Å². The standard InChI is InChI=1S/C13H14Cl2N2O2S/c14-11-2-1-3-12(15)13(11)19-7-9(18)4-16-5-10-6-17-8-20-10/h1-3,6,8-9,16,18H,4-5,7H2. The van der Waals surface area contributed by atoms with Crippen LogP contribution >= 0.6 is 34.5 Å². The number of halogens is 2. The van der Waals surface area contributed by atoms with Gasteiger partial charge in [-0.2, -0.15) is 0 Å². The Morgan fingerprint density at radius 3 is 2.75 bits per heavy atom. The molecule has 1 aromatic carbocycles. The van der Waals surface area contributed by atoms with E-state index in [4.69, 9.17) is 27.9 Å². The van der Waals surface area contributed by atoms with E-state index in [1.54, 1.807) is 41.2 Å². The van der Waals surface area contributed by atoms with Crippen molar-refractivity contribution in [2.24, 2.45) is 0 Å². The average Bonchev–Trinajstić information content (AvgIpc) is 2.91. The Morgan fingerprint density at radius 2 is 2.10 bits per heavy atom. The molecule has 0 aliphatic rings. The van der Waals surface area contributed by atoms with Gasteiger partial charge in [-0.25, -0.2) is 0 Å². The minimum Gasteiger partial charge on any atom is -0.488 e. The van der Waals surface area contributed by atoms with Gasteiger partial charge in [0.2, 0.25) is 0 Å². The number of aliphatic hydroxyl groups is 1. The summed E-state index contributed by atoms with van der Waals surface area (Å²) in [4.78, 5) is 5.10. The topological polar surface area (TPSA) is 54.4 Å². The lowest BCUT2D eigenvalue weighted by atomic mass is 10.3. The molecule has 0 amide bonds. The Hall–Kier alpha value is -0.850. The minimum atomic E-state index is -0.643. The van der Waals surface area contributed by atoms with Crippen LogP contribution in [0.15, 0.2) is 29.9 Å². The molecule has 0 saturated carbocycles. The van der Waals surface area contributed by atoms with E-state index in [2.05, 4.69) is 10.3 Å². The Kier molecular flexibility index (Phi) is 6.06. The van der Waals surface area contributed by atoms with Crippen LogP contribution < -0.4 is 10.1 Å². The monoisotopic (exact) mass is 332 g/mol. The van der Waals surface area contributed by atoms with Crippen LogP contribution in [0.1, 0.15) is 4.88 Å². The van der Waals surface area contributed by atoms with Crippen molar-refractivity contribution < 1.29 is 9.84 Å². The van der Waals surface area contributed by atoms with Gasteiger partial charge in [0.05, 0.1) is 15.6 Å². The van der Waals surface area contributed by atoms with Gasteiger partial charge in [0.25, 0.3) is 0 Å². The SMILES string of the molecule is OC(CNCc1cncs1)COc1c(Cl)cccc1Cl.